The van der Waals surface area contributed by atoms with Gasteiger partial charge >= 0.3 is 0 Å². The quantitative estimate of drug-likeness (QED) is 0.396. The van der Waals surface area contributed by atoms with E-state index in [1.807, 2.05) is 2.95 Å². The summed E-state index contributed by atoms with van der Waals surface area (Å²) in [6.07, 6.45) is 5.28. The Kier molecular flexibility index (Phi) is 7.70. The van der Waals surface area contributed by atoms with Crippen LogP contribution < -0.4 is 0 Å². The van der Waals surface area contributed by atoms with Gasteiger partial charge in [-0.25, -0.2) is 0 Å². The van der Waals surface area contributed by atoms with Gasteiger partial charge in [0.2, 0.25) is 0 Å². The molecule has 2 nitrogen and oxygen atoms in total. The van der Waals surface area contributed by atoms with E-state index in [4.69, 9.17) is 0 Å². The summed E-state index contributed by atoms with van der Waals surface area (Å²) in [5.74, 6) is 0. The molecule has 0 unspecified atom stereocenters. The number of hydrogen-bond donors (Lipinski definition) is 0. The highest BCUT2D eigenvalue weighted by atomic mass is 79.9. The average molecular weight is 317 g/mol. The van der Waals surface area contributed by atoms with Gasteiger partial charge < -0.3 is 4.48 Å². The lowest BCUT2D eigenvalue weighted by Gasteiger charge is -2.23. The molecule has 0 spiro atoms. The SMILES string of the molecule is C[N+](C)(C)CCCCCCN(Br)Br. The lowest BCUT2D eigenvalue weighted by Crippen LogP contribution is -2.35. The fourth-order valence-corrected chi connectivity index (χ4v) is 1.67. The van der Waals surface area contributed by atoms with Gasteiger partial charge in [0.05, 0.1) is 27.7 Å². The Balaban J connectivity index is 3.09. The van der Waals surface area contributed by atoms with Crippen LogP contribution in [0.15, 0.2) is 0 Å². The van der Waals surface area contributed by atoms with Crippen molar-refractivity contribution in [3.63, 3.8) is 0 Å². The zero-order valence-electron chi connectivity index (χ0n) is 8.89. The number of rotatable bonds is 7. The van der Waals surface area contributed by atoms with Crippen molar-refractivity contribution in [2.45, 2.75) is 25.7 Å². The Morgan fingerprint density at radius 2 is 1.46 bits per heavy atom. The Morgan fingerprint density at radius 3 is 1.92 bits per heavy atom. The van der Waals surface area contributed by atoms with Crippen molar-refractivity contribution < 1.29 is 4.48 Å². The molecule has 0 heterocycles. The molecule has 0 N–H and O–H groups in total. The van der Waals surface area contributed by atoms with Crippen molar-refractivity contribution in [2.75, 3.05) is 34.2 Å². The van der Waals surface area contributed by atoms with E-state index in [1.54, 1.807) is 0 Å². The fourth-order valence-electron chi connectivity index (χ4n) is 1.17. The predicted molar refractivity (Wildman–Crippen MR) is 65.9 cm³/mol. The van der Waals surface area contributed by atoms with Crippen LogP contribution in [0.25, 0.3) is 0 Å². The first-order valence-electron chi connectivity index (χ1n) is 4.81. The summed E-state index contributed by atoms with van der Waals surface area (Å²) in [7, 11) is 6.75. The van der Waals surface area contributed by atoms with Crippen LogP contribution >= 0.6 is 32.3 Å². The van der Waals surface area contributed by atoms with Crippen LogP contribution in [0.4, 0.5) is 0 Å². The molecule has 0 amide bonds. The second kappa shape index (κ2) is 7.21. The number of unbranched alkanes of at least 4 members (excludes halogenated alkanes) is 3. The molecule has 0 saturated heterocycles. The monoisotopic (exact) mass is 315 g/mol. The van der Waals surface area contributed by atoms with Crippen LogP contribution in [0.1, 0.15) is 25.7 Å². The number of hydrogen-bond acceptors (Lipinski definition) is 1. The van der Waals surface area contributed by atoms with Gasteiger partial charge in [-0.05, 0) is 19.3 Å². The van der Waals surface area contributed by atoms with E-state index in [-0.39, 0.29) is 0 Å². The fraction of sp³-hybridized carbons (Fsp3) is 1.00. The third kappa shape index (κ3) is 12.9. The molecule has 13 heavy (non-hydrogen) atoms. The molecule has 80 valence electrons. The van der Waals surface area contributed by atoms with Crippen molar-refractivity contribution in [3.8, 4) is 0 Å². The van der Waals surface area contributed by atoms with Crippen molar-refractivity contribution in [2.24, 2.45) is 0 Å². The number of halogens is 2. The lowest BCUT2D eigenvalue weighted by molar-refractivity contribution is -0.870. The molecular formula is C9H21Br2N2+. The zero-order valence-corrected chi connectivity index (χ0v) is 12.1. The van der Waals surface area contributed by atoms with Crippen LogP contribution in [-0.4, -0.2) is 41.7 Å². The van der Waals surface area contributed by atoms with E-state index in [0.717, 1.165) is 11.0 Å². The number of nitrogens with zero attached hydrogens (tertiary/aromatic N) is 2. The van der Waals surface area contributed by atoms with E-state index >= 15 is 0 Å². The van der Waals surface area contributed by atoms with Gasteiger partial charge in [0, 0.05) is 38.8 Å². The van der Waals surface area contributed by atoms with Crippen LogP contribution in [0.5, 0.6) is 0 Å². The largest absolute Gasteiger partial charge is 0.331 e. The third-order valence-corrected chi connectivity index (χ3v) is 2.62. The van der Waals surface area contributed by atoms with Gasteiger partial charge in [0.1, 0.15) is 0 Å². The summed E-state index contributed by atoms with van der Waals surface area (Å²) >= 11 is 6.64. The standard InChI is InChI=1S/C9H21Br2N2/c1-13(2,3)9-7-5-4-6-8-12(10)11/h4-9H2,1-3H3/q+1. The van der Waals surface area contributed by atoms with Crippen LogP contribution in [0.3, 0.4) is 0 Å². The second-order valence-corrected chi connectivity index (χ2v) is 7.12. The normalized spacial score (nSPS) is 12.5. The summed E-state index contributed by atoms with van der Waals surface area (Å²) in [5.41, 5.74) is 0. The first-order valence-corrected chi connectivity index (χ1v) is 6.23. The molecule has 0 rings (SSSR count). The van der Waals surface area contributed by atoms with Crippen LogP contribution in [0.2, 0.25) is 0 Å². The highest BCUT2D eigenvalue weighted by Gasteiger charge is 2.05. The van der Waals surface area contributed by atoms with Gasteiger partial charge in [-0.2, -0.15) is 2.95 Å². The van der Waals surface area contributed by atoms with Crippen LogP contribution in [-0.2, 0) is 0 Å². The minimum atomic E-state index is 1.07. The molecule has 0 radical (unpaired) electrons. The predicted octanol–water partition coefficient (Wildman–Crippen LogP) is 3.17. The van der Waals surface area contributed by atoms with E-state index in [9.17, 15) is 0 Å². The molecule has 0 bridgehead atoms. The molecule has 0 aromatic heterocycles. The zero-order chi connectivity index (χ0) is 10.3. The highest BCUT2D eigenvalue weighted by Crippen LogP contribution is 2.09. The summed E-state index contributed by atoms with van der Waals surface area (Å²) in [6.45, 7) is 2.36. The first-order chi connectivity index (χ1) is 5.92. The Hall–Kier alpha value is 0.880. The molecule has 0 aromatic rings. The molecule has 0 fully saturated rings. The Bertz CT molecular complexity index is 121. The molecule has 0 aliphatic rings. The lowest BCUT2D eigenvalue weighted by atomic mass is 10.2. The molecule has 0 aliphatic carbocycles. The van der Waals surface area contributed by atoms with Gasteiger partial charge in [-0.1, -0.05) is 6.42 Å². The highest BCUT2D eigenvalue weighted by molar-refractivity contribution is 9.21. The summed E-state index contributed by atoms with van der Waals surface area (Å²) in [6, 6.07) is 0. The summed E-state index contributed by atoms with van der Waals surface area (Å²) in [4.78, 5) is 0. The van der Waals surface area contributed by atoms with Gasteiger partial charge in [0.15, 0.2) is 0 Å². The maximum absolute atomic E-state index is 3.32. The average Bonchev–Trinajstić information content (AvgIpc) is 1.93. The van der Waals surface area contributed by atoms with Crippen molar-refractivity contribution in [1.82, 2.24) is 2.95 Å². The Labute approximate surface area is 99.5 Å². The van der Waals surface area contributed by atoms with Gasteiger partial charge in [-0.15, -0.1) is 0 Å². The van der Waals surface area contributed by atoms with Gasteiger partial charge in [0.25, 0.3) is 0 Å². The minimum absolute atomic E-state index is 1.07. The molecule has 0 saturated carbocycles. The van der Waals surface area contributed by atoms with Crippen LogP contribution in [0, 0.1) is 0 Å². The first kappa shape index (κ1) is 13.9. The van der Waals surface area contributed by atoms with E-state index in [2.05, 4.69) is 53.4 Å². The molecule has 0 atom stereocenters. The van der Waals surface area contributed by atoms with Gasteiger partial charge in [-0.3, -0.25) is 0 Å². The summed E-state index contributed by atoms with van der Waals surface area (Å²) in [5, 5.41) is 0. The maximum Gasteiger partial charge on any atom is 0.0780 e. The molecule has 0 aliphatic heterocycles. The second-order valence-electron chi connectivity index (χ2n) is 4.45. The Morgan fingerprint density at radius 1 is 0.923 bits per heavy atom. The van der Waals surface area contributed by atoms with Crippen molar-refractivity contribution >= 4 is 32.3 Å². The number of quaternary nitrogens is 1. The minimum Gasteiger partial charge on any atom is -0.331 e. The maximum atomic E-state index is 3.32. The van der Waals surface area contributed by atoms with E-state index in [0.29, 0.717) is 0 Å². The van der Waals surface area contributed by atoms with Crippen molar-refractivity contribution in [3.05, 3.63) is 0 Å². The molecule has 4 heteroatoms. The smallest absolute Gasteiger partial charge is 0.0780 e. The third-order valence-electron chi connectivity index (χ3n) is 1.91. The summed E-state index contributed by atoms with van der Waals surface area (Å²) < 4.78 is 2.98. The van der Waals surface area contributed by atoms with E-state index in [1.165, 1.54) is 32.2 Å². The topological polar surface area (TPSA) is 3.24 Å². The molecule has 0 aromatic carbocycles. The van der Waals surface area contributed by atoms with E-state index < -0.39 is 0 Å². The molecular weight excluding hydrogens is 296 g/mol. The van der Waals surface area contributed by atoms with Crippen molar-refractivity contribution in [1.29, 1.82) is 0 Å².